The second-order valence-corrected chi connectivity index (χ2v) is 4.17. The Balaban J connectivity index is 2.35. The first-order valence-electron chi connectivity index (χ1n) is 5.81. The molecule has 0 spiro atoms. The van der Waals surface area contributed by atoms with Crippen LogP contribution in [0.4, 0.5) is 30.2 Å². The van der Waals surface area contributed by atoms with Gasteiger partial charge in [0.25, 0.3) is 0 Å². The van der Waals surface area contributed by atoms with E-state index in [1.54, 1.807) is 0 Å². The summed E-state index contributed by atoms with van der Waals surface area (Å²) in [5, 5.41) is 2.47. The molecule has 2 aromatic rings. The largest absolute Gasteiger partial charge is 0.465 e. The smallest absolute Gasteiger partial charge is 0.337 e. The van der Waals surface area contributed by atoms with Crippen molar-refractivity contribution in [3.05, 3.63) is 53.3 Å². The number of esters is 1. The molecule has 0 bridgehead atoms. The molecule has 0 atom stereocenters. The van der Waals surface area contributed by atoms with E-state index >= 15 is 0 Å². The second-order valence-electron chi connectivity index (χ2n) is 4.17. The zero-order chi connectivity index (χ0) is 15.6. The van der Waals surface area contributed by atoms with Crippen LogP contribution in [0.5, 0.6) is 0 Å². The van der Waals surface area contributed by atoms with Gasteiger partial charge in [-0.25, -0.2) is 18.0 Å². The Kier molecular flexibility index (Phi) is 4.02. The summed E-state index contributed by atoms with van der Waals surface area (Å²) in [5.74, 6) is -4.06. The van der Waals surface area contributed by atoms with E-state index in [2.05, 4.69) is 10.1 Å². The van der Waals surface area contributed by atoms with Crippen molar-refractivity contribution in [3.63, 3.8) is 0 Å². The molecule has 2 aromatic carbocycles. The minimum Gasteiger partial charge on any atom is -0.465 e. The van der Waals surface area contributed by atoms with Crippen molar-refractivity contribution in [1.82, 2.24) is 0 Å². The van der Waals surface area contributed by atoms with Gasteiger partial charge in [-0.15, -0.1) is 0 Å². The summed E-state index contributed by atoms with van der Waals surface area (Å²) in [6, 6.07) is 5.31. The predicted octanol–water partition coefficient (Wildman–Crippen LogP) is 3.22. The summed E-state index contributed by atoms with van der Waals surface area (Å²) < 4.78 is 44.3. The molecule has 0 heterocycles. The molecule has 0 saturated heterocycles. The Morgan fingerprint density at radius 2 is 1.86 bits per heavy atom. The van der Waals surface area contributed by atoms with Crippen molar-refractivity contribution in [2.24, 2.45) is 0 Å². The van der Waals surface area contributed by atoms with Crippen LogP contribution < -0.4 is 11.1 Å². The summed E-state index contributed by atoms with van der Waals surface area (Å²) in [4.78, 5) is 11.3. The quantitative estimate of drug-likeness (QED) is 0.518. The van der Waals surface area contributed by atoms with E-state index in [0.717, 1.165) is 6.07 Å². The summed E-state index contributed by atoms with van der Waals surface area (Å²) >= 11 is 0. The highest BCUT2D eigenvalue weighted by Crippen LogP contribution is 2.27. The number of ether oxygens (including phenoxy) is 1. The fourth-order valence-electron chi connectivity index (χ4n) is 1.71. The van der Waals surface area contributed by atoms with Crippen molar-refractivity contribution in [3.8, 4) is 0 Å². The molecule has 21 heavy (non-hydrogen) atoms. The van der Waals surface area contributed by atoms with Crippen LogP contribution in [0.1, 0.15) is 10.4 Å². The van der Waals surface area contributed by atoms with Gasteiger partial charge in [0, 0.05) is 12.1 Å². The topological polar surface area (TPSA) is 64.3 Å². The third-order valence-electron chi connectivity index (χ3n) is 2.73. The van der Waals surface area contributed by atoms with Crippen LogP contribution >= 0.6 is 0 Å². The number of benzene rings is 2. The molecular formula is C14H11F3N2O2. The molecule has 4 nitrogen and oxygen atoms in total. The maximum Gasteiger partial charge on any atom is 0.337 e. The lowest BCUT2D eigenvalue weighted by molar-refractivity contribution is 0.0601. The van der Waals surface area contributed by atoms with Crippen molar-refractivity contribution in [1.29, 1.82) is 0 Å². The summed E-state index contributed by atoms with van der Waals surface area (Å²) in [7, 11) is 1.22. The molecule has 0 aliphatic carbocycles. The van der Waals surface area contributed by atoms with Gasteiger partial charge in [0.2, 0.25) is 0 Å². The normalized spacial score (nSPS) is 10.3. The Labute approximate surface area is 118 Å². The van der Waals surface area contributed by atoms with Crippen LogP contribution in [0.2, 0.25) is 0 Å². The number of hydrogen-bond acceptors (Lipinski definition) is 4. The van der Waals surface area contributed by atoms with Gasteiger partial charge in [-0.3, -0.25) is 0 Å². The maximum atomic E-state index is 13.5. The molecule has 0 amide bonds. The Morgan fingerprint density at radius 1 is 1.14 bits per heavy atom. The minimum atomic E-state index is -1.32. The zero-order valence-corrected chi connectivity index (χ0v) is 10.9. The van der Waals surface area contributed by atoms with Crippen molar-refractivity contribution >= 4 is 23.0 Å². The van der Waals surface area contributed by atoms with Gasteiger partial charge in [-0.2, -0.15) is 0 Å². The van der Waals surface area contributed by atoms with Gasteiger partial charge in [-0.05, 0) is 18.2 Å². The molecule has 0 unspecified atom stereocenters. The van der Waals surface area contributed by atoms with Crippen molar-refractivity contribution < 1.29 is 22.7 Å². The van der Waals surface area contributed by atoms with E-state index in [0.29, 0.717) is 6.07 Å². The average Bonchev–Trinajstić information content (AvgIpc) is 2.45. The molecule has 0 fully saturated rings. The number of hydrogen-bond donors (Lipinski definition) is 2. The van der Waals surface area contributed by atoms with Gasteiger partial charge in [-0.1, -0.05) is 0 Å². The lowest BCUT2D eigenvalue weighted by atomic mass is 10.1. The van der Waals surface area contributed by atoms with E-state index < -0.39 is 29.1 Å². The molecule has 7 heteroatoms. The van der Waals surface area contributed by atoms with E-state index in [-0.39, 0.29) is 16.9 Å². The predicted molar refractivity (Wildman–Crippen MR) is 71.8 cm³/mol. The fraction of sp³-hybridized carbons (Fsp3) is 0.0714. The fourth-order valence-corrected chi connectivity index (χ4v) is 1.71. The second kappa shape index (κ2) is 5.74. The number of halogens is 3. The highest BCUT2D eigenvalue weighted by molar-refractivity contribution is 5.92. The molecule has 2 rings (SSSR count). The molecule has 0 aliphatic heterocycles. The van der Waals surface area contributed by atoms with E-state index in [1.807, 2.05) is 0 Å². The Hall–Kier alpha value is -2.70. The highest BCUT2D eigenvalue weighted by atomic mass is 19.2. The minimum absolute atomic E-state index is 0.0990. The molecule has 0 aromatic heterocycles. The SMILES string of the molecule is COC(=O)c1ccc(Nc2cc(F)cc(F)c2F)c(N)c1. The van der Waals surface area contributed by atoms with E-state index in [4.69, 9.17) is 5.73 Å². The number of nitrogens with one attached hydrogen (secondary N) is 1. The molecule has 0 saturated carbocycles. The highest BCUT2D eigenvalue weighted by Gasteiger charge is 2.13. The van der Waals surface area contributed by atoms with Gasteiger partial charge in [0.15, 0.2) is 11.6 Å². The van der Waals surface area contributed by atoms with Crippen molar-refractivity contribution in [2.75, 3.05) is 18.2 Å². The number of nitrogen functional groups attached to an aromatic ring is 1. The lowest BCUT2D eigenvalue weighted by Gasteiger charge is -2.11. The first-order valence-corrected chi connectivity index (χ1v) is 5.81. The van der Waals surface area contributed by atoms with Gasteiger partial charge in [0.05, 0.1) is 29.7 Å². The Bertz CT molecular complexity index is 705. The summed E-state index contributed by atoms with van der Waals surface area (Å²) in [5.41, 5.74) is 5.81. The van der Waals surface area contributed by atoms with E-state index in [9.17, 15) is 18.0 Å². The van der Waals surface area contributed by atoms with Gasteiger partial charge in [0.1, 0.15) is 5.82 Å². The van der Waals surface area contributed by atoms with Crippen LogP contribution in [-0.2, 0) is 4.74 Å². The monoisotopic (exact) mass is 296 g/mol. The summed E-state index contributed by atoms with van der Waals surface area (Å²) in [6.07, 6.45) is 0. The third-order valence-corrected chi connectivity index (χ3v) is 2.73. The zero-order valence-electron chi connectivity index (χ0n) is 10.9. The molecular weight excluding hydrogens is 285 g/mol. The lowest BCUT2D eigenvalue weighted by Crippen LogP contribution is -2.05. The van der Waals surface area contributed by atoms with Crippen LogP contribution in [0.3, 0.4) is 0 Å². The standard InChI is InChI=1S/C14H11F3N2O2/c1-21-14(20)7-2-3-11(10(18)4-7)19-12-6-8(15)5-9(16)13(12)17/h2-6,19H,18H2,1H3. The van der Waals surface area contributed by atoms with Gasteiger partial charge >= 0.3 is 5.97 Å². The number of carbonyl (C=O) groups excluding carboxylic acids is 1. The van der Waals surface area contributed by atoms with Crippen LogP contribution in [0.25, 0.3) is 0 Å². The Morgan fingerprint density at radius 3 is 2.48 bits per heavy atom. The molecule has 0 aliphatic rings. The van der Waals surface area contributed by atoms with Gasteiger partial charge < -0.3 is 15.8 Å². The first-order chi connectivity index (χ1) is 9.92. The number of anilines is 3. The molecule has 3 N–H and O–H groups in total. The van der Waals surface area contributed by atoms with Crippen LogP contribution in [0, 0.1) is 17.5 Å². The summed E-state index contributed by atoms with van der Waals surface area (Å²) in [6.45, 7) is 0. The first kappa shape index (κ1) is 14.7. The average molecular weight is 296 g/mol. The number of carbonyl (C=O) groups is 1. The van der Waals surface area contributed by atoms with Crippen molar-refractivity contribution in [2.45, 2.75) is 0 Å². The third kappa shape index (κ3) is 3.07. The number of methoxy groups -OCH3 is 1. The van der Waals surface area contributed by atoms with Crippen LogP contribution in [0.15, 0.2) is 30.3 Å². The molecule has 0 radical (unpaired) electrons. The number of nitrogens with two attached hydrogens (primary N) is 1. The molecule has 110 valence electrons. The van der Waals surface area contributed by atoms with E-state index in [1.165, 1.54) is 25.3 Å². The number of rotatable bonds is 3. The van der Waals surface area contributed by atoms with Crippen LogP contribution in [-0.4, -0.2) is 13.1 Å². The maximum absolute atomic E-state index is 13.5.